The maximum atomic E-state index is 7.14. The third kappa shape index (κ3) is 3.47. The zero-order valence-corrected chi connectivity index (χ0v) is 15.7. The van der Waals surface area contributed by atoms with Crippen LogP contribution in [0.3, 0.4) is 0 Å². The molecule has 0 bridgehead atoms. The van der Waals surface area contributed by atoms with Crippen LogP contribution >= 0.6 is 11.6 Å². The molecule has 0 saturated heterocycles. The molecule has 8 heteroatoms. The normalized spacial score (nSPS) is 10.9. The summed E-state index contributed by atoms with van der Waals surface area (Å²) >= 11 is 6.43. The van der Waals surface area contributed by atoms with Crippen molar-refractivity contribution in [1.29, 1.82) is 0 Å². The number of aryl methyl sites for hydroxylation is 2. The molecule has 0 atom stereocenters. The largest absolute Gasteiger partial charge is 0.385 e. The Morgan fingerprint density at radius 2 is 2.15 bits per heavy atom. The summed E-state index contributed by atoms with van der Waals surface area (Å²) in [5.41, 5.74) is 3.23. The van der Waals surface area contributed by atoms with Crippen LogP contribution in [-0.2, 0) is 11.8 Å². The molecule has 0 N–H and O–H groups in total. The van der Waals surface area contributed by atoms with Crippen molar-refractivity contribution in [2.45, 2.75) is 13.3 Å². The number of halogens is 1. The van der Waals surface area contributed by atoms with Crippen LogP contribution in [0.15, 0.2) is 24.7 Å². The van der Waals surface area contributed by atoms with Crippen molar-refractivity contribution in [2.24, 2.45) is 7.05 Å². The van der Waals surface area contributed by atoms with Gasteiger partial charge < -0.3 is 19.0 Å². The molecule has 0 aliphatic carbocycles. The number of ether oxygens (including phenoxy) is 1. The van der Waals surface area contributed by atoms with Crippen LogP contribution < -0.4 is 4.90 Å². The Balaban J connectivity index is 2.09. The van der Waals surface area contributed by atoms with Crippen LogP contribution in [0.2, 0.25) is 5.02 Å². The summed E-state index contributed by atoms with van der Waals surface area (Å²) in [5, 5.41) is 0.547. The molecule has 0 amide bonds. The quantitative estimate of drug-likeness (QED) is 0.484. The molecule has 3 aromatic rings. The Bertz CT molecular complexity index is 978. The molecule has 0 unspecified atom stereocenters. The number of hydrogen-bond donors (Lipinski definition) is 0. The first-order valence-corrected chi connectivity index (χ1v) is 8.51. The highest BCUT2D eigenvalue weighted by Crippen LogP contribution is 2.32. The molecule has 0 aromatic carbocycles. The summed E-state index contributed by atoms with van der Waals surface area (Å²) in [6, 6.07) is 3.59. The fraction of sp³-hybridized carbons (Fsp3) is 0.333. The Hall–Kier alpha value is -2.69. The Kier molecular flexibility index (Phi) is 5.35. The van der Waals surface area contributed by atoms with Gasteiger partial charge in [-0.3, -0.25) is 0 Å². The Morgan fingerprint density at radius 3 is 2.85 bits per heavy atom. The number of pyridine rings is 2. The molecular formula is C18H19ClN6O. The van der Waals surface area contributed by atoms with Crippen molar-refractivity contribution >= 4 is 40.1 Å². The summed E-state index contributed by atoms with van der Waals surface area (Å²) < 4.78 is 7.03. The standard InChI is InChI=1S/C18H19ClN6O/c1-12-8-15(20-2)21-10-14(12)25(6-5-7-26-4)16-9-13(19)17-18(23-16)24(3)11-22-17/h8-11H,5-7H2,1,3-4H3. The minimum absolute atomic E-state index is 0.371. The van der Waals surface area contributed by atoms with Crippen LogP contribution in [0.1, 0.15) is 12.0 Å². The number of fused-ring (bicyclic) bond motifs is 1. The first kappa shape index (κ1) is 18.1. The van der Waals surface area contributed by atoms with E-state index < -0.39 is 0 Å². The second kappa shape index (κ2) is 7.68. The minimum Gasteiger partial charge on any atom is -0.385 e. The van der Waals surface area contributed by atoms with Crippen LogP contribution in [0.5, 0.6) is 0 Å². The van der Waals surface area contributed by atoms with Gasteiger partial charge in [-0.25, -0.2) is 9.97 Å². The number of nitrogens with zero attached hydrogens (tertiary/aromatic N) is 6. The maximum absolute atomic E-state index is 7.14. The van der Waals surface area contributed by atoms with E-state index in [2.05, 4.69) is 14.8 Å². The maximum Gasteiger partial charge on any atom is 0.269 e. The molecule has 3 rings (SSSR count). The molecule has 0 fully saturated rings. The van der Waals surface area contributed by atoms with Crippen molar-refractivity contribution < 1.29 is 4.74 Å². The second-order valence-electron chi connectivity index (χ2n) is 5.93. The highest BCUT2D eigenvalue weighted by Gasteiger charge is 2.18. The summed E-state index contributed by atoms with van der Waals surface area (Å²) in [4.78, 5) is 18.7. The third-order valence-electron chi connectivity index (χ3n) is 4.09. The molecule has 3 aromatic heterocycles. The predicted molar refractivity (Wildman–Crippen MR) is 102 cm³/mol. The highest BCUT2D eigenvalue weighted by atomic mass is 35.5. The molecule has 0 saturated carbocycles. The van der Waals surface area contributed by atoms with E-state index in [1.807, 2.05) is 29.5 Å². The number of methoxy groups -OCH3 is 1. The summed E-state index contributed by atoms with van der Waals surface area (Å²) in [5.74, 6) is 1.08. The number of aromatic nitrogens is 4. The lowest BCUT2D eigenvalue weighted by Crippen LogP contribution is -2.22. The summed E-state index contributed by atoms with van der Waals surface area (Å²) in [6.07, 6.45) is 4.21. The molecule has 7 nitrogen and oxygen atoms in total. The fourth-order valence-electron chi connectivity index (χ4n) is 2.79. The molecule has 26 heavy (non-hydrogen) atoms. The average molecular weight is 371 g/mol. The minimum atomic E-state index is 0.371. The molecule has 0 aliphatic heterocycles. The van der Waals surface area contributed by atoms with E-state index in [0.29, 0.717) is 41.0 Å². The fourth-order valence-corrected chi connectivity index (χ4v) is 3.02. The van der Waals surface area contributed by atoms with Gasteiger partial charge in [0.15, 0.2) is 5.65 Å². The molecule has 0 spiro atoms. The second-order valence-corrected chi connectivity index (χ2v) is 6.34. The van der Waals surface area contributed by atoms with Gasteiger partial charge in [0.25, 0.3) is 5.82 Å². The predicted octanol–water partition coefficient (Wildman–Crippen LogP) is 4.05. The lowest BCUT2D eigenvalue weighted by atomic mass is 10.2. The van der Waals surface area contributed by atoms with Crippen LogP contribution in [0.25, 0.3) is 16.0 Å². The molecule has 0 radical (unpaired) electrons. The smallest absolute Gasteiger partial charge is 0.269 e. The lowest BCUT2D eigenvalue weighted by Gasteiger charge is -2.25. The van der Waals surface area contributed by atoms with E-state index in [1.165, 1.54) is 0 Å². The van der Waals surface area contributed by atoms with Crippen molar-refractivity contribution in [1.82, 2.24) is 19.5 Å². The third-order valence-corrected chi connectivity index (χ3v) is 4.38. The van der Waals surface area contributed by atoms with Gasteiger partial charge in [0.1, 0.15) is 17.5 Å². The number of rotatable bonds is 6. The van der Waals surface area contributed by atoms with Gasteiger partial charge in [-0.1, -0.05) is 18.2 Å². The van der Waals surface area contributed by atoms with Gasteiger partial charge in [-0.2, -0.15) is 0 Å². The van der Waals surface area contributed by atoms with Crippen molar-refractivity contribution in [3.05, 3.63) is 46.7 Å². The van der Waals surface area contributed by atoms with Crippen molar-refractivity contribution in [3.8, 4) is 0 Å². The van der Waals surface area contributed by atoms with E-state index in [4.69, 9.17) is 27.9 Å². The molecule has 3 heterocycles. The SMILES string of the molecule is [C-]#[N+]c1cc(C)c(N(CCCOC)c2cc(Cl)c3ncn(C)c3n2)cn1. The Labute approximate surface area is 157 Å². The zero-order chi connectivity index (χ0) is 18.7. The highest BCUT2D eigenvalue weighted by molar-refractivity contribution is 6.35. The van der Waals surface area contributed by atoms with Crippen molar-refractivity contribution in [2.75, 3.05) is 25.2 Å². The number of anilines is 2. The van der Waals surface area contributed by atoms with Crippen LogP contribution in [0.4, 0.5) is 17.3 Å². The van der Waals surface area contributed by atoms with E-state index in [9.17, 15) is 0 Å². The van der Waals surface area contributed by atoms with E-state index >= 15 is 0 Å². The first-order chi connectivity index (χ1) is 12.5. The van der Waals surface area contributed by atoms with E-state index in [0.717, 1.165) is 17.7 Å². The van der Waals surface area contributed by atoms with E-state index in [-0.39, 0.29) is 0 Å². The van der Waals surface area contributed by atoms with Crippen LogP contribution in [0, 0.1) is 13.5 Å². The Morgan fingerprint density at radius 1 is 1.35 bits per heavy atom. The average Bonchev–Trinajstić information content (AvgIpc) is 3.01. The topological polar surface area (TPSA) is 60.4 Å². The molecule has 134 valence electrons. The van der Waals surface area contributed by atoms with Gasteiger partial charge in [0.05, 0.1) is 17.0 Å². The van der Waals surface area contributed by atoms with Gasteiger partial charge in [-0.05, 0) is 25.0 Å². The van der Waals surface area contributed by atoms with Crippen LogP contribution in [-0.4, -0.2) is 39.8 Å². The number of imidazole rings is 1. The number of hydrogen-bond acceptors (Lipinski definition) is 5. The monoisotopic (exact) mass is 370 g/mol. The summed E-state index contributed by atoms with van der Waals surface area (Å²) in [6.45, 7) is 10.4. The zero-order valence-electron chi connectivity index (χ0n) is 14.9. The lowest BCUT2D eigenvalue weighted by molar-refractivity contribution is 0.196. The van der Waals surface area contributed by atoms with Crippen molar-refractivity contribution in [3.63, 3.8) is 0 Å². The summed E-state index contributed by atoms with van der Waals surface area (Å²) in [7, 11) is 3.56. The van der Waals surface area contributed by atoms with Gasteiger partial charge in [0, 0.05) is 33.4 Å². The molecule has 0 aliphatic rings. The molecular weight excluding hydrogens is 352 g/mol. The van der Waals surface area contributed by atoms with Gasteiger partial charge in [-0.15, -0.1) is 4.98 Å². The first-order valence-electron chi connectivity index (χ1n) is 8.13. The van der Waals surface area contributed by atoms with Gasteiger partial charge in [0.2, 0.25) is 0 Å². The van der Waals surface area contributed by atoms with Gasteiger partial charge >= 0.3 is 0 Å². The van der Waals surface area contributed by atoms with E-state index in [1.54, 1.807) is 25.7 Å².